The van der Waals surface area contributed by atoms with Crippen LogP contribution in [0, 0.1) is 6.92 Å². The fraction of sp³-hybridized carbons (Fsp3) is 0. The van der Waals surface area contributed by atoms with E-state index in [1.165, 1.54) is 20.8 Å². The van der Waals surface area contributed by atoms with Crippen LogP contribution in [0.15, 0.2) is 85.1 Å². The van der Waals surface area contributed by atoms with E-state index in [9.17, 15) is 5.11 Å². The monoisotopic (exact) mass is 384 g/mol. The van der Waals surface area contributed by atoms with Gasteiger partial charge in [-0.2, -0.15) is 18.6 Å². The zero-order valence-electron chi connectivity index (χ0n) is 16.6. The summed E-state index contributed by atoms with van der Waals surface area (Å²) >= 11 is 1.77. The van der Waals surface area contributed by atoms with Crippen molar-refractivity contribution in [3.8, 4) is 16.3 Å². The molecule has 2 heterocycles. The molecule has 0 amide bonds. The summed E-state index contributed by atoms with van der Waals surface area (Å²) in [4.78, 5) is 6.34. The Balaban J connectivity index is 0.000000205. The fourth-order valence-corrected chi connectivity index (χ4v) is 3.97. The van der Waals surface area contributed by atoms with E-state index in [1.807, 2.05) is 42.5 Å². The molecule has 3 nitrogen and oxygen atoms in total. The molecule has 0 bridgehead atoms. The third kappa shape index (κ3) is 5.25. The van der Waals surface area contributed by atoms with Crippen LogP contribution < -0.4 is 52.8 Å². The van der Waals surface area contributed by atoms with Crippen molar-refractivity contribution in [3.05, 3.63) is 97.5 Å². The molecule has 0 aliphatic rings. The second kappa shape index (κ2) is 10.6. The number of para-hydroxylation sites is 2. The van der Waals surface area contributed by atoms with Gasteiger partial charge in [0.2, 0.25) is 16.0 Å². The summed E-state index contributed by atoms with van der Waals surface area (Å²) in [7, 11) is 0. The van der Waals surface area contributed by atoms with Gasteiger partial charge in [-0.05, 0) is 29.5 Å². The Morgan fingerprint density at radius 2 is 1.52 bits per heavy atom. The predicted molar refractivity (Wildman–Crippen MR) is 108 cm³/mol. The fourth-order valence-electron chi connectivity index (χ4n) is 2.91. The summed E-state index contributed by atoms with van der Waals surface area (Å²) in [5.41, 5.74) is 4.11. The van der Waals surface area contributed by atoms with E-state index in [0.717, 1.165) is 10.9 Å². The Morgan fingerprint density at radius 3 is 2.28 bits per heavy atom. The molecule has 6 heteroatoms. The first-order chi connectivity index (χ1) is 13.2. The van der Waals surface area contributed by atoms with E-state index in [1.54, 1.807) is 29.7 Å². The second-order valence-corrected chi connectivity index (χ2v) is 7.15. The SMILES string of the molecule is [CH2-]c1ccccc1-c1[nH+]c2ccccc2s1.[Li+].[Li+].[O-]c1cccc2ccc[nH+]c12. The zero-order valence-corrected chi connectivity index (χ0v) is 17.4. The summed E-state index contributed by atoms with van der Waals surface area (Å²) < 4.78 is 1.28. The van der Waals surface area contributed by atoms with Crippen LogP contribution >= 0.6 is 11.3 Å². The van der Waals surface area contributed by atoms with Crippen molar-refractivity contribution in [1.82, 2.24) is 0 Å². The molecule has 0 spiro atoms. The molecule has 2 N–H and O–H groups in total. The minimum atomic E-state index is 0. The van der Waals surface area contributed by atoms with E-state index < -0.39 is 0 Å². The normalized spacial score (nSPS) is 9.79. The van der Waals surface area contributed by atoms with E-state index in [4.69, 9.17) is 0 Å². The van der Waals surface area contributed by atoms with Crippen molar-refractivity contribution in [2.45, 2.75) is 0 Å². The molecule has 5 rings (SSSR count). The molecule has 0 fully saturated rings. The minimum absolute atomic E-state index is 0. The van der Waals surface area contributed by atoms with E-state index in [0.29, 0.717) is 5.52 Å². The molecule has 132 valence electrons. The number of hydrogen-bond acceptors (Lipinski definition) is 2. The number of benzene rings is 3. The van der Waals surface area contributed by atoms with Crippen molar-refractivity contribution in [2.75, 3.05) is 0 Å². The molecule has 0 aliphatic carbocycles. The molecule has 3 aromatic carbocycles. The summed E-state index contributed by atoms with van der Waals surface area (Å²) in [6.07, 6.45) is 1.75. The van der Waals surface area contributed by atoms with E-state index >= 15 is 0 Å². The number of pyridine rings is 1. The van der Waals surface area contributed by atoms with Crippen LogP contribution in [0.4, 0.5) is 0 Å². The number of nitrogens with one attached hydrogen (secondary N) is 2. The molecule has 0 aliphatic heterocycles. The minimum Gasteiger partial charge on any atom is -0.868 e. The van der Waals surface area contributed by atoms with Crippen LogP contribution in [0.2, 0.25) is 0 Å². The Hall–Kier alpha value is -2.18. The van der Waals surface area contributed by atoms with Crippen molar-refractivity contribution in [1.29, 1.82) is 0 Å². The summed E-state index contributed by atoms with van der Waals surface area (Å²) in [6.45, 7) is 4.05. The maximum absolute atomic E-state index is 11.1. The predicted octanol–water partition coefficient (Wildman–Crippen LogP) is -1.70. The van der Waals surface area contributed by atoms with E-state index in [2.05, 4.69) is 41.2 Å². The van der Waals surface area contributed by atoms with Gasteiger partial charge in [-0.15, -0.1) is 12.1 Å². The quantitative estimate of drug-likeness (QED) is 0.251. The maximum atomic E-state index is 11.1. The number of H-pyrrole nitrogens is 2. The van der Waals surface area contributed by atoms with Crippen LogP contribution in [0.5, 0.6) is 5.75 Å². The number of aromatic nitrogens is 2. The number of fused-ring (bicyclic) bond motifs is 2. The molecule has 2 aromatic heterocycles. The van der Waals surface area contributed by atoms with Gasteiger partial charge in [-0.25, -0.2) is 9.97 Å². The van der Waals surface area contributed by atoms with Crippen LogP contribution in [-0.2, 0) is 0 Å². The van der Waals surface area contributed by atoms with Gasteiger partial charge in [0, 0.05) is 17.5 Å². The molecular weight excluding hydrogens is 366 g/mol. The van der Waals surface area contributed by atoms with Gasteiger partial charge in [0.15, 0.2) is 6.20 Å². The van der Waals surface area contributed by atoms with Gasteiger partial charge >= 0.3 is 37.7 Å². The second-order valence-electron chi connectivity index (χ2n) is 6.10. The van der Waals surface area contributed by atoms with Crippen molar-refractivity contribution >= 4 is 32.5 Å². The van der Waals surface area contributed by atoms with Gasteiger partial charge in [0.25, 0.3) is 0 Å². The Labute approximate surface area is 198 Å². The molecule has 0 atom stereocenters. The number of rotatable bonds is 1. The average molecular weight is 384 g/mol. The van der Waals surface area contributed by atoms with Crippen molar-refractivity contribution < 1.29 is 52.8 Å². The van der Waals surface area contributed by atoms with Crippen molar-refractivity contribution in [2.24, 2.45) is 0 Å². The largest absolute Gasteiger partial charge is 1.00 e. The third-order valence-electron chi connectivity index (χ3n) is 4.27. The summed E-state index contributed by atoms with van der Waals surface area (Å²) in [6, 6.07) is 25.5. The number of thiazole rings is 1. The molecule has 5 aromatic rings. The van der Waals surface area contributed by atoms with Gasteiger partial charge in [-0.1, -0.05) is 41.7 Å². The molecule has 0 radical (unpaired) electrons. The zero-order chi connectivity index (χ0) is 18.6. The maximum Gasteiger partial charge on any atom is 1.00 e. The standard InChI is InChI=1S/C14H10NS.C9H7NO.2Li/c1-10-6-2-3-7-11(10)14-15-12-8-4-5-9-13(12)16-14;11-8-5-1-3-7-4-2-6-10-9(7)8;;/h2-9H,1H2;1-6,11H;;/q-1;;2*+1/p+1. The number of hydrogen-bond donors (Lipinski definition) is 0. The summed E-state index contributed by atoms with van der Waals surface area (Å²) in [5, 5.41) is 13.3. The van der Waals surface area contributed by atoms with Gasteiger partial charge < -0.3 is 5.11 Å². The van der Waals surface area contributed by atoms with Crippen molar-refractivity contribution in [3.63, 3.8) is 0 Å². The Kier molecular flexibility index (Phi) is 8.41. The topological polar surface area (TPSA) is 51.3 Å². The number of aromatic amines is 2. The molecular formula is C23H18Li2N2OS+2. The third-order valence-corrected chi connectivity index (χ3v) is 5.37. The molecule has 0 saturated heterocycles. The van der Waals surface area contributed by atoms with Crippen LogP contribution in [0.3, 0.4) is 0 Å². The first kappa shape index (κ1) is 23.1. The van der Waals surface area contributed by atoms with Gasteiger partial charge in [-0.3, -0.25) is 0 Å². The van der Waals surface area contributed by atoms with Gasteiger partial charge in [0.1, 0.15) is 4.70 Å². The van der Waals surface area contributed by atoms with Crippen LogP contribution in [0.25, 0.3) is 31.7 Å². The Bertz CT molecular complexity index is 1190. The molecule has 0 saturated carbocycles. The average Bonchev–Trinajstić information content (AvgIpc) is 3.13. The van der Waals surface area contributed by atoms with Gasteiger partial charge in [0.05, 0.1) is 0 Å². The smallest absolute Gasteiger partial charge is 0.868 e. The van der Waals surface area contributed by atoms with Crippen LogP contribution in [-0.4, -0.2) is 0 Å². The molecule has 0 unspecified atom stereocenters. The first-order valence-corrected chi connectivity index (χ1v) is 9.43. The summed E-state index contributed by atoms with van der Waals surface area (Å²) in [5.74, 6) is 0.0445. The molecule has 29 heavy (non-hydrogen) atoms. The van der Waals surface area contributed by atoms with E-state index in [-0.39, 0.29) is 43.5 Å². The Morgan fingerprint density at radius 1 is 0.793 bits per heavy atom. The van der Waals surface area contributed by atoms with Crippen LogP contribution in [0.1, 0.15) is 5.56 Å². The first-order valence-electron chi connectivity index (χ1n) is 8.61.